The van der Waals surface area contributed by atoms with E-state index in [2.05, 4.69) is 36.0 Å². The molecule has 0 unspecified atom stereocenters. The number of sulfonamides is 1. The molecule has 2 N–H and O–H groups in total. The van der Waals surface area contributed by atoms with Gasteiger partial charge in [-0.1, -0.05) is 50.3 Å². The number of non-ortho nitro benzene ring substituents is 1. The fourth-order valence-corrected chi connectivity index (χ4v) is 6.12. The Hall–Kier alpha value is -3.65. The first kappa shape index (κ1) is 23.1. The molecule has 0 aromatic heterocycles. The molecule has 2 aliphatic rings. The first-order chi connectivity index (χ1) is 16.7. The maximum Gasteiger partial charge on any atom is 0.269 e. The van der Waals surface area contributed by atoms with Crippen LogP contribution < -0.4 is 10.0 Å². The van der Waals surface area contributed by atoms with Crippen molar-refractivity contribution in [1.82, 2.24) is 0 Å². The lowest BCUT2D eigenvalue weighted by atomic mass is 9.77. The number of rotatable bonds is 6. The maximum atomic E-state index is 13.2. The SMILES string of the molecule is CC(C)c1ccc(NS(=O)(=O)c2ccc3c(c2)[C@H]2C=CC[C@H]2[C@@H](c2ccc([N+](=O)[O-])cc2)N3)cc1. The summed E-state index contributed by atoms with van der Waals surface area (Å²) in [5.41, 5.74) is 4.54. The van der Waals surface area contributed by atoms with Crippen molar-refractivity contribution in [1.29, 1.82) is 0 Å². The Morgan fingerprint density at radius 2 is 1.74 bits per heavy atom. The number of fused-ring (bicyclic) bond motifs is 3. The molecular formula is C27H27N3O4S. The fraction of sp³-hybridized carbons (Fsp3) is 0.259. The largest absolute Gasteiger partial charge is 0.378 e. The van der Waals surface area contributed by atoms with Gasteiger partial charge >= 0.3 is 0 Å². The molecule has 7 nitrogen and oxygen atoms in total. The van der Waals surface area contributed by atoms with Crippen molar-refractivity contribution in [2.75, 3.05) is 10.0 Å². The van der Waals surface area contributed by atoms with Crippen molar-refractivity contribution in [2.45, 2.75) is 43.0 Å². The van der Waals surface area contributed by atoms with E-state index < -0.39 is 14.9 Å². The predicted octanol–water partition coefficient (Wildman–Crippen LogP) is 6.35. The van der Waals surface area contributed by atoms with Crippen molar-refractivity contribution in [3.8, 4) is 0 Å². The zero-order valence-electron chi connectivity index (χ0n) is 19.5. The summed E-state index contributed by atoms with van der Waals surface area (Å²) in [4.78, 5) is 10.9. The fourth-order valence-electron chi connectivity index (χ4n) is 5.02. The Bertz CT molecular complexity index is 1400. The molecule has 0 spiro atoms. The molecule has 180 valence electrons. The molecule has 3 atom stereocenters. The second-order valence-corrected chi connectivity index (χ2v) is 11.1. The minimum atomic E-state index is -3.75. The molecule has 0 saturated heterocycles. The van der Waals surface area contributed by atoms with Crippen LogP contribution in [-0.2, 0) is 10.0 Å². The highest BCUT2D eigenvalue weighted by molar-refractivity contribution is 7.92. The molecular weight excluding hydrogens is 462 g/mol. The van der Waals surface area contributed by atoms with Crippen LogP contribution in [0.25, 0.3) is 0 Å². The van der Waals surface area contributed by atoms with Gasteiger partial charge in [0.1, 0.15) is 0 Å². The highest BCUT2D eigenvalue weighted by Crippen LogP contribution is 2.50. The zero-order chi connectivity index (χ0) is 24.7. The zero-order valence-corrected chi connectivity index (χ0v) is 20.3. The third kappa shape index (κ3) is 4.41. The van der Waals surface area contributed by atoms with Crippen LogP contribution in [0.5, 0.6) is 0 Å². The number of allylic oxidation sites excluding steroid dienone is 2. The number of nitro groups is 1. The van der Waals surface area contributed by atoms with E-state index in [1.165, 1.54) is 12.1 Å². The molecule has 0 bridgehead atoms. The number of hydrogen-bond donors (Lipinski definition) is 2. The minimum absolute atomic E-state index is 0.0247. The van der Waals surface area contributed by atoms with Crippen molar-refractivity contribution in [3.05, 3.63) is 106 Å². The number of nitrogens with one attached hydrogen (secondary N) is 2. The summed E-state index contributed by atoms with van der Waals surface area (Å²) >= 11 is 0. The van der Waals surface area contributed by atoms with Crippen LogP contribution in [0.15, 0.2) is 83.8 Å². The molecule has 0 radical (unpaired) electrons. The van der Waals surface area contributed by atoms with E-state index in [0.717, 1.165) is 28.8 Å². The highest BCUT2D eigenvalue weighted by Gasteiger charge is 2.38. The summed E-state index contributed by atoms with van der Waals surface area (Å²) in [7, 11) is -3.75. The summed E-state index contributed by atoms with van der Waals surface area (Å²) in [6, 6.07) is 19.3. The molecule has 3 aromatic rings. The van der Waals surface area contributed by atoms with E-state index in [1.807, 2.05) is 18.2 Å². The van der Waals surface area contributed by atoms with Gasteiger partial charge in [-0.3, -0.25) is 14.8 Å². The van der Waals surface area contributed by atoms with Gasteiger partial charge in [-0.05, 0) is 65.3 Å². The summed E-state index contributed by atoms with van der Waals surface area (Å²) in [6.45, 7) is 4.19. The Labute approximate surface area is 205 Å². The van der Waals surface area contributed by atoms with Crippen molar-refractivity contribution >= 4 is 27.1 Å². The molecule has 1 heterocycles. The van der Waals surface area contributed by atoms with E-state index in [1.54, 1.807) is 36.4 Å². The Morgan fingerprint density at radius 3 is 2.40 bits per heavy atom. The molecule has 3 aromatic carbocycles. The van der Waals surface area contributed by atoms with Crippen LogP contribution in [0.1, 0.15) is 54.8 Å². The highest BCUT2D eigenvalue weighted by atomic mass is 32.2. The third-order valence-electron chi connectivity index (χ3n) is 6.94. The minimum Gasteiger partial charge on any atom is -0.378 e. The van der Waals surface area contributed by atoms with Gasteiger partial charge in [-0.2, -0.15) is 0 Å². The topological polar surface area (TPSA) is 101 Å². The first-order valence-electron chi connectivity index (χ1n) is 11.7. The van der Waals surface area contributed by atoms with Crippen LogP contribution in [0, 0.1) is 16.0 Å². The second kappa shape index (κ2) is 8.85. The van der Waals surface area contributed by atoms with Gasteiger partial charge in [-0.25, -0.2) is 8.42 Å². The van der Waals surface area contributed by atoms with Crippen LogP contribution in [-0.4, -0.2) is 13.3 Å². The molecule has 1 aliphatic heterocycles. The number of benzene rings is 3. The van der Waals surface area contributed by atoms with Gasteiger partial charge in [0, 0.05) is 29.4 Å². The van der Waals surface area contributed by atoms with Crippen LogP contribution >= 0.6 is 0 Å². The van der Waals surface area contributed by atoms with Gasteiger partial charge < -0.3 is 5.32 Å². The summed E-state index contributed by atoms with van der Waals surface area (Å²) in [5, 5.41) is 14.6. The van der Waals surface area contributed by atoms with E-state index in [0.29, 0.717) is 11.6 Å². The molecule has 0 fully saturated rings. The standard InChI is InChI=1S/C27H27N3O4S/c1-17(2)18-6-10-20(11-7-18)29-35(33,34)22-14-15-26-25(16-22)23-4-3-5-24(23)27(28-26)19-8-12-21(13-9-19)30(31)32/h3-4,6-17,23-24,27-29H,5H2,1-2H3/t23-,24+,27+/m0/s1. The van der Waals surface area contributed by atoms with Gasteiger partial charge in [0.15, 0.2) is 0 Å². The normalized spacial score (nSPS) is 20.7. The maximum absolute atomic E-state index is 13.2. The second-order valence-electron chi connectivity index (χ2n) is 9.46. The Morgan fingerprint density at radius 1 is 1.03 bits per heavy atom. The summed E-state index contributed by atoms with van der Waals surface area (Å²) < 4.78 is 29.0. The number of anilines is 2. The molecule has 35 heavy (non-hydrogen) atoms. The number of hydrogen-bond acceptors (Lipinski definition) is 5. The van der Waals surface area contributed by atoms with E-state index >= 15 is 0 Å². The smallest absolute Gasteiger partial charge is 0.269 e. The molecule has 8 heteroatoms. The lowest BCUT2D eigenvalue weighted by molar-refractivity contribution is -0.384. The van der Waals surface area contributed by atoms with Crippen LogP contribution in [0.4, 0.5) is 17.1 Å². The first-order valence-corrected chi connectivity index (χ1v) is 13.2. The Balaban J connectivity index is 1.43. The monoisotopic (exact) mass is 489 g/mol. The van der Waals surface area contributed by atoms with Crippen LogP contribution in [0.3, 0.4) is 0 Å². The lowest BCUT2D eigenvalue weighted by Gasteiger charge is -2.37. The van der Waals surface area contributed by atoms with Gasteiger partial charge in [-0.15, -0.1) is 0 Å². The summed E-state index contributed by atoms with van der Waals surface area (Å²) in [5.74, 6) is 0.626. The average molecular weight is 490 g/mol. The van der Waals surface area contributed by atoms with E-state index in [-0.39, 0.29) is 28.5 Å². The summed E-state index contributed by atoms with van der Waals surface area (Å²) in [6.07, 6.45) is 5.10. The van der Waals surface area contributed by atoms with E-state index in [9.17, 15) is 18.5 Å². The van der Waals surface area contributed by atoms with E-state index in [4.69, 9.17) is 0 Å². The molecule has 0 saturated carbocycles. The van der Waals surface area contributed by atoms with Crippen molar-refractivity contribution in [2.24, 2.45) is 5.92 Å². The molecule has 5 rings (SSSR count). The molecule has 0 amide bonds. The average Bonchev–Trinajstić information content (AvgIpc) is 3.34. The van der Waals surface area contributed by atoms with Crippen molar-refractivity contribution < 1.29 is 13.3 Å². The quantitative estimate of drug-likeness (QED) is 0.239. The number of nitrogens with zero attached hydrogens (tertiary/aromatic N) is 1. The lowest BCUT2D eigenvalue weighted by Crippen LogP contribution is -2.29. The number of nitro benzene ring substituents is 1. The van der Waals surface area contributed by atoms with Gasteiger partial charge in [0.2, 0.25) is 0 Å². The van der Waals surface area contributed by atoms with Gasteiger partial charge in [0.05, 0.1) is 15.9 Å². The van der Waals surface area contributed by atoms with Crippen molar-refractivity contribution in [3.63, 3.8) is 0 Å². The predicted molar refractivity (Wildman–Crippen MR) is 137 cm³/mol. The third-order valence-corrected chi connectivity index (χ3v) is 8.32. The van der Waals surface area contributed by atoms with Crippen LogP contribution in [0.2, 0.25) is 0 Å². The Kier molecular flexibility index (Phi) is 5.84. The van der Waals surface area contributed by atoms with Gasteiger partial charge in [0.25, 0.3) is 15.7 Å². The molecule has 1 aliphatic carbocycles.